The number of rotatable bonds is 7. The lowest BCUT2D eigenvalue weighted by Crippen LogP contribution is -2.39. The smallest absolute Gasteiger partial charge is 0.338 e. The zero-order valence-corrected chi connectivity index (χ0v) is 26.1. The molecule has 4 heterocycles. The first-order valence-electron chi connectivity index (χ1n) is 13.2. The number of carbonyl (C=O) groups is 1. The predicted octanol–water partition coefficient (Wildman–Crippen LogP) is 4.83. The third-order valence-corrected chi connectivity index (χ3v) is 9.18. The van der Waals surface area contributed by atoms with E-state index in [1.165, 1.54) is 17.4 Å². The van der Waals surface area contributed by atoms with Gasteiger partial charge in [-0.05, 0) is 53.2 Å². The van der Waals surface area contributed by atoms with Crippen LogP contribution in [0.15, 0.2) is 112 Å². The number of aryl methyl sites for hydroxylation is 1. The van der Waals surface area contributed by atoms with E-state index in [0.29, 0.717) is 41.2 Å². The van der Waals surface area contributed by atoms with Crippen LogP contribution in [0.4, 0.5) is 0 Å². The maximum atomic E-state index is 14.0. The second kappa shape index (κ2) is 12.2. The van der Waals surface area contributed by atoms with Gasteiger partial charge < -0.3 is 14.1 Å². The van der Waals surface area contributed by atoms with Crippen LogP contribution in [0.3, 0.4) is 0 Å². The van der Waals surface area contributed by atoms with E-state index in [1.807, 2.05) is 60.7 Å². The second-order valence-corrected chi connectivity index (χ2v) is 12.2. The fraction of sp³-hybridized carbons (Fsp3) is 0.129. The number of furan rings is 1. The van der Waals surface area contributed by atoms with E-state index in [0.717, 1.165) is 22.9 Å². The zero-order chi connectivity index (χ0) is 30.1. The summed E-state index contributed by atoms with van der Waals surface area (Å²) in [5.74, 6) is -0.119. The summed E-state index contributed by atoms with van der Waals surface area (Å²) in [6.07, 6.45) is 1.64. The number of nitrogens with one attached hydrogen (secondary N) is 1. The number of ether oxygens (including phenoxy) is 1. The Kier molecular flexibility index (Phi) is 8.15. The van der Waals surface area contributed by atoms with Gasteiger partial charge in [-0.2, -0.15) is 0 Å². The third kappa shape index (κ3) is 5.85. The molecule has 0 radical (unpaired) electrons. The van der Waals surface area contributed by atoms with Crippen molar-refractivity contribution in [2.24, 2.45) is 4.99 Å². The Hall–Kier alpha value is -4.26. The number of thiazole rings is 1. The first-order chi connectivity index (χ1) is 20.8. The van der Waals surface area contributed by atoms with E-state index < -0.39 is 12.0 Å². The Morgan fingerprint density at radius 1 is 1.14 bits per heavy atom. The molecule has 0 saturated carbocycles. The Morgan fingerprint density at radius 2 is 1.86 bits per heavy atom. The van der Waals surface area contributed by atoms with Crippen LogP contribution in [-0.2, 0) is 9.53 Å². The van der Waals surface area contributed by atoms with Crippen LogP contribution >= 0.6 is 39.0 Å². The van der Waals surface area contributed by atoms with Crippen molar-refractivity contribution >= 4 is 56.8 Å². The van der Waals surface area contributed by atoms with Crippen LogP contribution in [0.1, 0.15) is 35.5 Å². The van der Waals surface area contributed by atoms with E-state index in [2.05, 4.69) is 25.9 Å². The zero-order valence-electron chi connectivity index (χ0n) is 22.9. The number of esters is 1. The van der Waals surface area contributed by atoms with Crippen molar-refractivity contribution in [2.45, 2.75) is 30.1 Å². The second-order valence-electron chi connectivity index (χ2n) is 9.42. The molecule has 43 heavy (non-hydrogen) atoms. The highest BCUT2D eigenvalue weighted by Crippen LogP contribution is 2.36. The summed E-state index contributed by atoms with van der Waals surface area (Å²) < 4.78 is 14.1. The first kappa shape index (κ1) is 28.8. The van der Waals surface area contributed by atoms with Crippen LogP contribution < -0.4 is 20.5 Å². The molecule has 216 valence electrons. The number of carbonyl (C=O) groups excluding carboxylic acids is 1. The predicted molar refractivity (Wildman–Crippen MR) is 168 cm³/mol. The van der Waals surface area contributed by atoms with Gasteiger partial charge in [-0.15, -0.1) is 0 Å². The Morgan fingerprint density at radius 3 is 2.56 bits per heavy atom. The Balaban J connectivity index is 1.51. The van der Waals surface area contributed by atoms with Gasteiger partial charge in [0, 0.05) is 23.4 Å². The largest absolute Gasteiger partial charge is 0.463 e. The molecule has 3 aromatic heterocycles. The molecule has 1 atom stereocenters. The lowest BCUT2D eigenvalue weighted by Gasteiger charge is -2.25. The molecular formula is C31H23BrN4O5S2. The molecule has 0 saturated heterocycles. The SMILES string of the molecule is CCOC(=O)C1=C(c2ccccc2)N=c2s/c(=C/c3cc(Br)c(Sc4nc(C)cc(=O)[nH]4)o3)c(=O)n2[C@@H]1c1ccccc1. The average Bonchev–Trinajstić information content (AvgIpc) is 3.49. The van der Waals surface area contributed by atoms with Crippen molar-refractivity contribution in [1.29, 1.82) is 0 Å². The van der Waals surface area contributed by atoms with Gasteiger partial charge in [-0.1, -0.05) is 72.0 Å². The highest BCUT2D eigenvalue weighted by atomic mass is 79.9. The van der Waals surface area contributed by atoms with Gasteiger partial charge in [-0.3, -0.25) is 14.2 Å². The minimum absolute atomic E-state index is 0.177. The summed E-state index contributed by atoms with van der Waals surface area (Å²) in [5, 5.41) is 0.847. The van der Waals surface area contributed by atoms with Gasteiger partial charge in [0.2, 0.25) is 0 Å². The molecule has 6 rings (SSSR count). The van der Waals surface area contributed by atoms with Gasteiger partial charge in [0.15, 0.2) is 15.1 Å². The topological polar surface area (TPSA) is 120 Å². The molecule has 0 unspecified atom stereocenters. The summed E-state index contributed by atoms with van der Waals surface area (Å²) in [6, 6.07) is 21.2. The quantitative estimate of drug-likeness (QED) is 0.194. The lowest BCUT2D eigenvalue weighted by atomic mass is 9.93. The van der Waals surface area contributed by atoms with E-state index in [4.69, 9.17) is 14.1 Å². The average molecular weight is 676 g/mol. The van der Waals surface area contributed by atoms with Crippen molar-refractivity contribution in [1.82, 2.24) is 14.5 Å². The van der Waals surface area contributed by atoms with E-state index >= 15 is 0 Å². The van der Waals surface area contributed by atoms with Crippen molar-refractivity contribution in [3.05, 3.63) is 135 Å². The fourth-order valence-electron chi connectivity index (χ4n) is 4.72. The number of aromatic nitrogens is 3. The summed E-state index contributed by atoms with van der Waals surface area (Å²) in [7, 11) is 0. The number of halogens is 1. The number of fused-ring (bicyclic) bond motifs is 1. The fourth-order valence-corrected chi connectivity index (χ4v) is 7.06. The number of aromatic amines is 1. The standard InChI is InChI=1S/C31H23BrN4O5S2/c1-3-40-28(39)24-25(18-10-6-4-7-11-18)35-31-36(26(24)19-12-8-5-9-13-19)27(38)22(42-31)16-20-15-21(32)29(41-20)43-30-33-17(2)14-23(37)34-30/h4-16,26H,3H2,1-2H3,(H,33,34,37)/b22-16+/t26-/m1/s1. The molecule has 0 amide bonds. The molecule has 0 spiro atoms. The van der Waals surface area contributed by atoms with Crippen LogP contribution in [0.5, 0.6) is 0 Å². The molecule has 9 nitrogen and oxygen atoms in total. The molecule has 5 aromatic rings. The minimum Gasteiger partial charge on any atom is -0.463 e. The van der Waals surface area contributed by atoms with Gasteiger partial charge in [0.05, 0.1) is 32.9 Å². The maximum absolute atomic E-state index is 14.0. The van der Waals surface area contributed by atoms with Crippen molar-refractivity contribution in [2.75, 3.05) is 6.61 Å². The van der Waals surface area contributed by atoms with Crippen molar-refractivity contribution < 1.29 is 13.9 Å². The summed E-state index contributed by atoms with van der Waals surface area (Å²) >= 11 is 5.86. The van der Waals surface area contributed by atoms with E-state index in [-0.39, 0.29) is 23.3 Å². The van der Waals surface area contributed by atoms with Gasteiger partial charge in [0.25, 0.3) is 11.1 Å². The summed E-state index contributed by atoms with van der Waals surface area (Å²) in [4.78, 5) is 51.7. The van der Waals surface area contributed by atoms with E-state index in [9.17, 15) is 14.4 Å². The van der Waals surface area contributed by atoms with Crippen molar-refractivity contribution in [3.8, 4) is 0 Å². The molecular weight excluding hydrogens is 652 g/mol. The Labute approximate surface area is 261 Å². The highest BCUT2D eigenvalue weighted by Gasteiger charge is 2.35. The monoisotopic (exact) mass is 674 g/mol. The number of benzene rings is 2. The van der Waals surface area contributed by atoms with Crippen LogP contribution in [-0.4, -0.2) is 27.1 Å². The summed E-state index contributed by atoms with van der Waals surface area (Å²) in [6.45, 7) is 3.66. The lowest BCUT2D eigenvalue weighted by molar-refractivity contribution is -0.138. The molecule has 0 fully saturated rings. The maximum Gasteiger partial charge on any atom is 0.338 e. The molecule has 1 aliphatic rings. The van der Waals surface area contributed by atoms with Crippen molar-refractivity contribution in [3.63, 3.8) is 0 Å². The molecule has 2 aromatic carbocycles. The number of hydrogen-bond donors (Lipinski definition) is 1. The molecule has 12 heteroatoms. The highest BCUT2D eigenvalue weighted by molar-refractivity contribution is 9.10. The molecule has 0 bridgehead atoms. The number of H-pyrrole nitrogens is 1. The molecule has 1 N–H and O–H groups in total. The molecule has 1 aliphatic heterocycles. The van der Waals surface area contributed by atoms with Gasteiger partial charge in [0.1, 0.15) is 5.76 Å². The number of hydrogen-bond acceptors (Lipinski definition) is 9. The minimum atomic E-state index is -0.757. The van der Waals surface area contributed by atoms with E-state index in [1.54, 1.807) is 30.6 Å². The van der Waals surface area contributed by atoms with Crippen LogP contribution in [0, 0.1) is 6.92 Å². The Bertz CT molecular complexity index is 2110. The third-order valence-electron chi connectivity index (χ3n) is 6.47. The molecule has 0 aliphatic carbocycles. The summed E-state index contributed by atoms with van der Waals surface area (Å²) in [5.41, 5.74) is 2.24. The van der Waals surface area contributed by atoms with Crippen LogP contribution in [0.2, 0.25) is 0 Å². The van der Waals surface area contributed by atoms with Gasteiger partial charge >= 0.3 is 5.97 Å². The first-order valence-corrected chi connectivity index (χ1v) is 15.6. The van der Waals surface area contributed by atoms with Gasteiger partial charge in [-0.25, -0.2) is 14.8 Å². The normalized spacial score (nSPS) is 14.9. The number of nitrogens with zero attached hydrogens (tertiary/aromatic N) is 3. The van der Waals surface area contributed by atoms with Crippen LogP contribution in [0.25, 0.3) is 11.8 Å².